The van der Waals surface area contributed by atoms with E-state index in [4.69, 9.17) is 5.73 Å². The average molecular weight is 236 g/mol. The molecule has 0 spiro atoms. The van der Waals surface area contributed by atoms with Gasteiger partial charge in [0.2, 0.25) is 5.91 Å². The number of aryl methyl sites for hydroxylation is 1. The lowest BCUT2D eigenvalue weighted by molar-refractivity contribution is -0.116. The molecule has 1 aromatic rings. The van der Waals surface area contributed by atoms with Crippen molar-refractivity contribution in [3.05, 3.63) is 29.6 Å². The minimum Gasteiger partial charge on any atom is -0.327 e. The highest BCUT2D eigenvalue weighted by molar-refractivity contribution is 5.91. The number of carbonyl (C=O) groups is 1. The molecule has 0 heterocycles. The van der Waals surface area contributed by atoms with Crippen molar-refractivity contribution in [1.29, 1.82) is 0 Å². The van der Waals surface area contributed by atoms with Crippen LogP contribution in [-0.4, -0.2) is 11.9 Å². The molecule has 1 aromatic carbocycles. The number of nitrogens with one attached hydrogen (secondary N) is 1. The van der Waals surface area contributed by atoms with Crippen LogP contribution in [0.4, 0.5) is 10.1 Å². The fourth-order valence-electron chi connectivity index (χ4n) is 1.79. The minimum absolute atomic E-state index is 0.0645. The van der Waals surface area contributed by atoms with Crippen molar-refractivity contribution in [3.8, 4) is 0 Å². The molecule has 0 aromatic heterocycles. The number of benzene rings is 1. The lowest BCUT2D eigenvalue weighted by atomic mass is 10.1. The van der Waals surface area contributed by atoms with E-state index in [0.717, 1.165) is 12.8 Å². The quantitative estimate of drug-likeness (QED) is 0.842. The number of nitrogens with two attached hydrogens (primary N) is 1. The Morgan fingerprint density at radius 1 is 1.59 bits per heavy atom. The van der Waals surface area contributed by atoms with Crippen LogP contribution >= 0.6 is 0 Å². The summed E-state index contributed by atoms with van der Waals surface area (Å²) in [7, 11) is 0. The fourth-order valence-corrected chi connectivity index (χ4v) is 1.79. The number of halogens is 1. The van der Waals surface area contributed by atoms with Crippen molar-refractivity contribution in [3.63, 3.8) is 0 Å². The molecule has 1 saturated carbocycles. The molecule has 1 atom stereocenters. The molecule has 1 amide bonds. The first-order chi connectivity index (χ1) is 8.06. The van der Waals surface area contributed by atoms with Gasteiger partial charge in [-0.05, 0) is 43.4 Å². The lowest BCUT2D eigenvalue weighted by Crippen LogP contribution is -2.28. The lowest BCUT2D eigenvalue weighted by Gasteiger charge is -2.10. The summed E-state index contributed by atoms with van der Waals surface area (Å²) < 4.78 is 13.3. The molecule has 92 valence electrons. The molecule has 2 rings (SSSR count). The maximum absolute atomic E-state index is 13.3. The Labute approximate surface area is 100 Å². The van der Waals surface area contributed by atoms with Crippen molar-refractivity contribution >= 4 is 11.6 Å². The van der Waals surface area contributed by atoms with Crippen LogP contribution in [0.15, 0.2) is 18.2 Å². The zero-order valence-electron chi connectivity index (χ0n) is 9.87. The summed E-state index contributed by atoms with van der Waals surface area (Å²) in [5, 5.41) is 2.66. The highest BCUT2D eigenvalue weighted by atomic mass is 19.1. The molecule has 3 N–H and O–H groups in total. The number of rotatable bonds is 4. The van der Waals surface area contributed by atoms with E-state index in [1.165, 1.54) is 6.07 Å². The first kappa shape index (κ1) is 12.0. The summed E-state index contributed by atoms with van der Waals surface area (Å²) in [5.41, 5.74) is 6.91. The Hall–Kier alpha value is -1.42. The summed E-state index contributed by atoms with van der Waals surface area (Å²) in [6.07, 6.45) is 2.54. The van der Waals surface area contributed by atoms with Crippen molar-refractivity contribution in [2.75, 3.05) is 5.32 Å². The Morgan fingerprint density at radius 3 is 2.88 bits per heavy atom. The molecule has 0 bridgehead atoms. The van der Waals surface area contributed by atoms with Crippen LogP contribution in [-0.2, 0) is 4.79 Å². The molecule has 0 aliphatic heterocycles. The zero-order valence-corrected chi connectivity index (χ0v) is 9.87. The van der Waals surface area contributed by atoms with Gasteiger partial charge in [-0.3, -0.25) is 4.79 Å². The molecular weight excluding hydrogens is 219 g/mol. The average Bonchev–Trinajstić information content (AvgIpc) is 3.06. The third kappa shape index (κ3) is 3.27. The second kappa shape index (κ2) is 4.84. The molecule has 3 nitrogen and oxygen atoms in total. The molecule has 1 fully saturated rings. The summed E-state index contributed by atoms with van der Waals surface area (Å²) in [6.45, 7) is 1.68. The van der Waals surface area contributed by atoms with Gasteiger partial charge in [-0.1, -0.05) is 6.07 Å². The van der Waals surface area contributed by atoms with Crippen LogP contribution in [0.1, 0.15) is 24.8 Å². The largest absolute Gasteiger partial charge is 0.327 e. The van der Waals surface area contributed by atoms with Gasteiger partial charge in [0, 0.05) is 18.2 Å². The van der Waals surface area contributed by atoms with Gasteiger partial charge in [0.1, 0.15) is 5.82 Å². The van der Waals surface area contributed by atoms with Gasteiger partial charge in [0.25, 0.3) is 0 Å². The Morgan fingerprint density at radius 2 is 2.29 bits per heavy atom. The zero-order chi connectivity index (χ0) is 12.4. The van der Waals surface area contributed by atoms with Crippen molar-refractivity contribution in [2.24, 2.45) is 11.7 Å². The van der Waals surface area contributed by atoms with E-state index in [0.29, 0.717) is 23.6 Å². The van der Waals surface area contributed by atoms with Crippen LogP contribution in [0.25, 0.3) is 0 Å². The normalized spacial score (nSPS) is 16.6. The molecule has 17 heavy (non-hydrogen) atoms. The molecule has 0 saturated heterocycles. The number of anilines is 1. The van der Waals surface area contributed by atoms with Gasteiger partial charge >= 0.3 is 0 Å². The van der Waals surface area contributed by atoms with Crippen molar-refractivity contribution in [2.45, 2.75) is 32.2 Å². The first-order valence-corrected chi connectivity index (χ1v) is 5.88. The van der Waals surface area contributed by atoms with Crippen LogP contribution in [0.3, 0.4) is 0 Å². The van der Waals surface area contributed by atoms with E-state index in [9.17, 15) is 9.18 Å². The molecule has 1 aliphatic rings. The standard InChI is InChI=1S/C13H17FN2O/c1-8-2-5-10(6-11(8)14)16-13(17)7-12(15)9-3-4-9/h2,5-6,9,12H,3-4,7,15H2,1H3,(H,16,17). The number of hydrogen-bond acceptors (Lipinski definition) is 2. The first-order valence-electron chi connectivity index (χ1n) is 5.88. The third-order valence-corrected chi connectivity index (χ3v) is 3.10. The predicted molar refractivity (Wildman–Crippen MR) is 65.1 cm³/mol. The van der Waals surface area contributed by atoms with Crippen molar-refractivity contribution in [1.82, 2.24) is 0 Å². The number of carbonyl (C=O) groups excluding carboxylic acids is 1. The molecular formula is C13H17FN2O. The van der Waals surface area contributed by atoms with Gasteiger partial charge in [-0.2, -0.15) is 0 Å². The SMILES string of the molecule is Cc1ccc(NC(=O)CC(N)C2CC2)cc1F. The smallest absolute Gasteiger partial charge is 0.225 e. The van der Waals surface area contributed by atoms with Gasteiger partial charge in [0.05, 0.1) is 0 Å². The highest BCUT2D eigenvalue weighted by Gasteiger charge is 2.29. The van der Waals surface area contributed by atoms with E-state index in [2.05, 4.69) is 5.32 Å². The van der Waals surface area contributed by atoms with E-state index in [1.54, 1.807) is 19.1 Å². The molecule has 1 unspecified atom stereocenters. The van der Waals surface area contributed by atoms with E-state index in [-0.39, 0.29) is 17.8 Å². The molecule has 4 heteroatoms. The van der Waals surface area contributed by atoms with E-state index < -0.39 is 0 Å². The van der Waals surface area contributed by atoms with Crippen LogP contribution in [0, 0.1) is 18.7 Å². The van der Waals surface area contributed by atoms with Gasteiger partial charge in [-0.15, -0.1) is 0 Å². The summed E-state index contributed by atoms with van der Waals surface area (Å²) in [5.74, 6) is 0.0393. The van der Waals surface area contributed by atoms with Gasteiger partial charge in [0.15, 0.2) is 0 Å². The predicted octanol–water partition coefficient (Wildman–Crippen LogP) is 2.20. The highest BCUT2D eigenvalue weighted by Crippen LogP contribution is 2.32. The van der Waals surface area contributed by atoms with Gasteiger partial charge in [-0.25, -0.2) is 4.39 Å². The monoisotopic (exact) mass is 236 g/mol. The molecule has 0 radical (unpaired) electrons. The Balaban J connectivity index is 1.90. The number of amides is 1. The summed E-state index contributed by atoms with van der Waals surface area (Å²) >= 11 is 0. The van der Waals surface area contributed by atoms with Gasteiger partial charge < -0.3 is 11.1 Å². The second-order valence-corrected chi connectivity index (χ2v) is 4.72. The van der Waals surface area contributed by atoms with Crippen LogP contribution in [0.5, 0.6) is 0 Å². The summed E-state index contributed by atoms with van der Waals surface area (Å²) in [4.78, 5) is 11.6. The molecule has 1 aliphatic carbocycles. The Bertz CT molecular complexity index is 429. The Kier molecular flexibility index (Phi) is 3.43. The van der Waals surface area contributed by atoms with E-state index in [1.807, 2.05) is 0 Å². The summed E-state index contributed by atoms with van der Waals surface area (Å²) in [6, 6.07) is 4.60. The second-order valence-electron chi connectivity index (χ2n) is 4.72. The maximum Gasteiger partial charge on any atom is 0.225 e. The number of hydrogen-bond donors (Lipinski definition) is 2. The van der Waals surface area contributed by atoms with E-state index >= 15 is 0 Å². The topological polar surface area (TPSA) is 55.1 Å². The third-order valence-electron chi connectivity index (χ3n) is 3.10. The van der Waals surface area contributed by atoms with Crippen LogP contribution in [0.2, 0.25) is 0 Å². The van der Waals surface area contributed by atoms with Crippen LogP contribution < -0.4 is 11.1 Å². The van der Waals surface area contributed by atoms with Crippen molar-refractivity contribution < 1.29 is 9.18 Å². The maximum atomic E-state index is 13.3. The fraction of sp³-hybridized carbons (Fsp3) is 0.462. The minimum atomic E-state index is -0.311.